The highest BCUT2D eigenvalue weighted by Crippen LogP contribution is 2.22. The Kier molecular flexibility index (Phi) is 5.34. The molecule has 0 N–H and O–H groups in total. The average molecular weight is 347 g/mol. The number of halogens is 1. The fourth-order valence-corrected chi connectivity index (χ4v) is 2.73. The van der Waals surface area contributed by atoms with E-state index in [1.807, 2.05) is 46.6 Å². The van der Waals surface area contributed by atoms with E-state index < -0.39 is 0 Å². The molecule has 3 aromatic rings. The molecule has 23 heavy (non-hydrogen) atoms. The molecule has 0 radical (unpaired) electrons. The Morgan fingerprint density at radius 3 is 2.78 bits per heavy atom. The van der Waals surface area contributed by atoms with Crippen LogP contribution in [-0.4, -0.2) is 22.8 Å². The van der Waals surface area contributed by atoms with Gasteiger partial charge in [0.2, 0.25) is 0 Å². The summed E-state index contributed by atoms with van der Waals surface area (Å²) in [6.07, 6.45) is 7.22. The van der Waals surface area contributed by atoms with Crippen molar-refractivity contribution in [2.75, 3.05) is 13.2 Å². The van der Waals surface area contributed by atoms with Gasteiger partial charge in [-0.1, -0.05) is 17.7 Å². The van der Waals surface area contributed by atoms with Crippen LogP contribution in [-0.2, 0) is 4.74 Å². The van der Waals surface area contributed by atoms with Crippen molar-refractivity contribution in [2.45, 2.75) is 0 Å². The van der Waals surface area contributed by atoms with Gasteiger partial charge >= 0.3 is 0 Å². The molecule has 0 saturated carbocycles. The van der Waals surface area contributed by atoms with Crippen molar-refractivity contribution in [1.29, 1.82) is 0 Å². The standard InChI is InChI=1S/C17H15ClN2O2S/c18-14-3-5-15(6-4-14)21-9-10-22-16(17-2-1-11-23-17)12-20-8-7-19-13-20/h1-8,11-13H,9-10H2. The molecule has 3 rings (SSSR count). The molecule has 4 nitrogen and oxygen atoms in total. The van der Waals surface area contributed by atoms with Crippen molar-refractivity contribution in [3.8, 4) is 5.75 Å². The number of aromatic nitrogens is 2. The van der Waals surface area contributed by atoms with Gasteiger partial charge in [0.25, 0.3) is 0 Å². The minimum Gasteiger partial charge on any atom is -0.490 e. The van der Waals surface area contributed by atoms with Crippen LogP contribution in [0.4, 0.5) is 0 Å². The molecule has 0 aliphatic carbocycles. The fraction of sp³-hybridized carbons (Fsp3) is 0.118. The molecular weight excluding hydrogens is 332 g/mol. The molecule has 0 amide bonds. The topological polar surface area (TPSA) is 36.3 Å². The predicted octanol–water partition coefficient (Wildman–Crippen LogP) is 4.65. The third kappa shape index (κ3) is 4.61. The van der Waals surface area contributed by atoms with Crippen LogP contribution in [0.3, 0.4) is 0 Å². The monoisotopic (exact) mass is 346 g/mol. The highest BCUT2D eigenvalue weighted by molar-refractivity contribution is 7.11. The van der Waals surface area contributed by atoms with Crippen molar-refractivity contribution in [2.24, 2.45) is 0 Å². The van der Waals surface area contributed by atoms with Gasteiger partial charge in [0.15, 0.2) is 5.76 Å². The van der Waals surface area contributed by atoms with E-state index in [0.717, 1.165) is 16.4 Å². The Hall–Kier alpha value is -2.24. The highest BCUT2D eigenvalue weighted by Gasteiger charge is 2.05. The summed E-state index contributed by atoms with van der Waals surface area (Å²) in [5.41, 5.74) is 0. The van der Waals surface area contributed by atoms with E-state index in [1.54, 1.807) is 36.0 Å². The van der Waals surface area contributed by atoms with Crippen molar-refractivity contribution >= 4 is 34.9 Å². The van der Waals surface area contributed by atoms with Crippen molar-refractivity contribution in [1.82, 2.24) is 9.55 Å². The molecule has 118 valence electrons. The first kappa shape index (κ1) is 15.6. The first-order valence-corrected chi connectivity index (χ1v) is 8.31. The molecule has 0 unspecified atom stereocenters. The van der Waals surface area contributed by atoms with Crippen molar-refractivity contribution in [3.63, 3.8) is 0 Å². The van der Waals surface area contributed by atoms with E-state index in [2.05, 4.69) is 4.98 Å². The maximum absolute atomic E-state index is 5.88. The summed E-state index contributed by atoms with van der Waals surface area (Å²) in [5.74, 6) is 1.56. The van der Waals surface area contributed by atoms with Crippen LogP contribution in [0.15, 0.2) is 60.5 Å². The van der Waals surface area contributed by atoms with E-state index in [9.17, 15) is 0 Å². The van der Waals surface area contributed by atoms with Gasteiger partial charge in [0, 0.05) is 17.4 Å². The third-order valence-corrected chi connectivity index (χ3v) is 4.11. The lowest BCUT2D eigenvalue weighted by atomic mass is 10.3. The van der Waals surface area contributed by atoms with E-state index in [0.29, 0.717) is 18.2 Å². The van der Waals surface area contributed by atoms with Crippen LogP contribution in [0.1, 0.15) is 4.88 Å². The number of ether oxygens (including phenoxy) is 2. The molecule has 0 spiro atoms. The summed E-state index contributed by atoms with van der Waals surface area (Å²) in [5, 5.41) is 2.71. The van der Waals surface area contributed by atoms with Crippen LogP contribution in [0.2, 0.25) is 5.02 Å². The maximum Gasteiger partial charge on any atom is 0.153 e. The average Bonchev–Trinajstić information content (AvgIpc) is 3.25. The zero-order valence-electron chi connectivity index (χ0n) is 12.3. The van der Waals surface area contributed by atoms with E-state index >= 15 is 0 Å². The van der Waals surface area contributed by atoms with Gasteiger partial charge in [-0.3, -0.25) is 0 Å². The zero-order chi connectivity index (χ0) is 15.9. The number of nitrogens with zero attached hydrogens (tertiary/aromatic N) is 2. The molecule has 0 aliphatic heterocycles. The SMILES string of the molecule is Clc1ccc(OCCOC(=Cn2ccnc2)c2cccs2)cc1. The summed E-state index contributed by atoms with van der Waals surface area (Å²) in [4.78, 5) is 5.09. The van der Waals surface area contributed by atoms with Gasteiger partial charge in [0.05, 0.1) is 17.4 Å². The summed E-state index contributed by atoms with van der Waals surface area (Å²) >= 11 is 7.47. The summed E-state index contributed by atoms with van der Waals surface area (Å²) < 4.78 is 13.4. The minimum absolute atomic E-state index is 0.445. The molecule has 1 aromatic carbocycles. The van der Waals surface area contributed by atoms with Gasteiger partial charge in [-0.15, -0.1) is 11.3 Å². The molecular formula is C17H15ClN2O2S. The number of hydrogen-bond acceptors (Lipinski definition) is 4. The van der Waals surface area contributed by atoms with Gasteiger partial charge in [0.1, 0.15) is 19.0 Å². The molecule has 2 heterocycles. The quantitative estimate of drug-likeness (QED) is 0.461. The van der Waals surface area contributed by atoms with Crippen LogP contribution in [0.25, 0.3) is 12.0 Å². The molecule has 0 atom stereocenters. The molecule has 2 aromatic heterocycles. The Morgan fingerprint density at radius 1 is 1.22 bits per heavy atom. The third-order valence-electron chi connectivity index (χ3n) is 2.98. The van der Waals surface area contributed by atoms with Crippen LogP contribution in [0, 0.1) is 0 Å². The Labute approximate surface area is 143 Å². The lowest BCUT2D eigenvalue weighted by Gasteiger charge is -2.11. The first-order chi connectivity index (χ1) is 11.3. The predicted molar refractivity (Wildman–Crippen MR) is 93.6 cm³/mol. The largest absolute Gasteiger partial charge is 0.490 e. The van der Waals surface area contributed by atoms with Gasteiger partial charge in [-0.05, 0) is 35.7 Å². The van der Waals surface area contributed by atoms with Crippen molar-refractivity contribution in [3.05, 3.63) is 70.4 Å². The lowest BCUT2D eigenvalue weighted by molar-refractivity contribution is 0.196. The first-order valence-electron chi connectivity index (χ1n) is 7.05. The zero-order valence-corrected chi connectivity index (χ0v) is 13.8. The van der Waals surface area contributed by atoms with Crippen LogP contribution >= 0.6 is 22.9 Å². The summed E-state index contributed by atoms with van der Waals surface area (Å²) in [6, 6.07) is 11.3. The Morgan fingerprint density at radius 2 is 2.09 bits per heavy atom. The van der Waals surface area contributed by atoms with Gasteiger partial charge in [-0.2, -0.15) is 0 Å². The maximum atomic E-state index is 5.88. The molecule has 0 bridgehead atoms. The molecule has 6 heteroatoms. The second kappa shape index (κ2) is 7.85. The minimum atomic E-state index is 0.445. The van der Waals surface area contributed by atoms with E-state index in [-0.39, 0.29) is 0 Å². The van der Waals surface area contributed by atoms with Crippen LogP contribution in [0.5, 0.6) is 5.75 Å². The summed E-state index contributed by atoms with van der Waals surface area (Å²) in [7, 11) is 0. The lowest BCUT2D eigenvalue weighted by Crippen LogP contribution is -2.06. The second-order valence-corrected chi connectivity index (χ2v) is 6.02. The number of thiophene rings is 1. The second-order valence-electron chi connectivity index (χ2n) is 4.63. The van der Waals surface area contributed by atoms with E-state index in [4.69, 9.17) is 21.1 Å². The fourth-order valence-electron chi connectivity index (χ4n) is 1.91. The normalized spacial score (nSPS) is 11.4. The van der Waals surface area contributed by atoms with Gasteiger partial charge in [-0.25, -0.2) is 4.98 Å². The van der Waals surface area contributed by atoms with Crippen molar-refractivity contribution < 1.29 is 9.47 Å². The highest BCUT2D eigenvalue weighted by atomic mass is 35.5. The molecule has 0 aliphatic rings. The van der Waals surface area contributed by atoms with E-state index in [1.165, 1.54) is 0 Å². The number of rotatable bonds is 7. The Balaban J connectivity index is 1.58. The van der Waals surface area contributed by atoms with Crippen LogP contribution < -0.4 is 4.74 Å². The smallest absolute Gasteiger partial charge is 0.153 e. The summed E-state index contributed by atoms with van der Waals surface area (Å²) in [6.45, 7) is 0.898. The number of benzene rings is 1. The number of hydrogen-bond donors (Lipinski definition) is 0. The Bertz CT molecular complexity index is 738. The number of imidazole rings is 1. The van der Waals surface area contributed by atoms with Gasteiger partial charge < -0.3 is 14.0 Å². The molecule has 0 fully saturated rings. The molecule has 0 saturated heterocycles.